The highest BCUT2D eigenvalue weighted by Gasteiger charge is 2.12. The smallest absolute Gasteiger partial charge is 0.322 e. The van der Waals surface area contributed by atoms with E-state index in [4.69, 9.17) is 4.42 Å². The number of rotatable bonds is 5. The van der Waals surface area contributed by atoms with Gasteiger partial charge in [-0.25, -0.2) is 0 Å². The van der Waals surface area contributed by atoms with Gasteiger partial charge in [0.05, 0.1) is 6.42 Å². The van der Waals surface area contributed by atoms with E-state index in [1.165, 1.54) is 0 Å². The fourth-order valence-corrected chi connectivity index (χ4v) is 3.20. The Morgan fingerprint density at radius 1 is 0.923 bits per heavy atom. The van der Waals surface area contributed by atoms with E-state index >= 15 is 0 Å². The Morgan fingerprint density at radius 3 is 2.42 bits per heavy atom. The van der Waals surface area contributed by atoms with Crippen molar-refractivity contribution in [3.63, 3.8) is 0 Å². The van der Waals surface area contributed by atoms with Gasteiger partial charge in [-0.1, -0.05) is 59.7 Å². The molecule has 0 aliphatic carbocycles. The molecule has 2 aromatic heterocycles. The minimum atomic E-state index is -0.196. The van der Waals surface area contributed by atoms with Gasteiger partial charge in [-0.05, 0) is 28.1 Å². The van der Waals surface area contributed by atoms with Crippen LogP contribution >= 0.6 is 11.3 Å². The lowest BCUT2D eigenvalue weighted by atomic mass is 10.0. The first-order chi connectivity index (χ1) is 12.8. The minimum absolute atomic E-state index is 0.108. The predicted molar refractivity (Wildman–Crippen MR) is 102 cm³/mol. The lowest BCUT2D eigenvalue weighted by Gasteiger charge is -2.04. The van der Waals surface area contributed by atoms with Crippen molar-refractivity contribution in [3.8, 4) is 22.6 Å². The second-order valence-corrected chi connectivity index (χ2v) is 6.49. The summed E-state index contributed by atoms with van der Waals surface area (Å²) < 4.78 is 5.47. The molecule has 0 unspecified atom stereocenters. The number of amides is 1. The monoisotopic (exact) mass is 361 g/mol. The largest absolute Gasteiger partial charge is 0.403 e. The second-order valence-electron chi connectivity index (χ2n) is 5.71. The molecule has 128 valence electrons. The van der Waals surface area contributed by atoms with Crippen molar-refractivity contribution in [2.45, 2.75) is 6.42 Å². The van der Waals surface area contributed by atoms with Gasteiger partial charge in [-0.15, -0.1) is 5.10 Å². The van der Waals surface area contributed by atoms with E-state index in [0.29, 0.717) is 5.89 Å². The van der Waals surface area contributed by atoms with Crippen molar-refractivity contribution in [2.75, 3.05) is 5.32 Å². The van der Waals surface area contributed by atoms with Crippen LogP contribution in [0, 0.1) is 0 Å². The van der Waals surface area contributed by atoms with Crippen LogP contribution in [0.2, 0.25) is 0 Å². The van der Waals surface area contributed by atoms with Gasteiger partial charge in [0.2, 0.25) is 5.91 Å². The van der Waals surface area contributed by atoms with Gasteiger partial charge in [-0.2, -0.15) is 11.3 Å². The van der Waals surface area contributed by atoms with Gasteiger partial charge in [0.1, 0.15) is 0 Å². The van der Waals surface area contributed by atoms with Crippen LogP contribution in [0.3, 0.4) is 0 Å². The zero-order chi connectivity index (χ0) is 17.8. The molecule has 0 saturated heterocycles. The predicted octanol–water partition coefficient (Wildman–Crippen LogP) is 4.65. The van der Waals surface area contributed by atoms with Crippen molar-refractivity contribution in [1.29, 1.82) is 0 Å². The van der Waals surface area contributed by atoms with Crippen molar-refractivity contribution >= 4 is 23.3 Å². The van der Waals surface area contributed by atoms with Crippen LogP contribution in [0.4, 0.5) is 6.01 Å². The van der Waals surface area contributed by atoms with Crippen LogP contribution in [0.25, 0.3) is 22.6 Å². The average molecular weight is 361 g/mol. The van der Waals surface area contributed by atoms with Gasteiger partial charge in [-0.3, -0.25) is 10.1 Å². The first-order valence-corrected chi connectivity index (χ1v) is 9.02. The van der Waals surface area contributed by atoms with E-state index < -0.39 is 0 Å². The number of carbonyl (C=O) groups is 1. The number of nitrogens with one attached hydrogen (secondary N) is 1. The van der Waals surface area contributed by atoms with Gasteiger partial charge in [0, 0.05) is 10.9 Å². The number of anilines is 1. The summed E-state index contributed by atoms with van der Waals surface area (Å²) in [5.74, 6) is 0.201. The molecule has 0 radical (unpaired) electrons. The third-order valence-electron chi connectivity index (χ3n) is 3.87. The topological polar surface area (TPSA) is 68.0 Å². The molecule has 0 fully saturated rings. The maximum absolute atomic E-state index is 12.2. The van der Waals surface area contributed by atoms with Gasteiger partial charge in [0.25, 0.3) is 5.89 Å². The molecule has 0 aliphatic rings. The molecule has 0 atom stereocenters. The first kappa shape index (κ1) is 16.2. The molecule has 4 rings (SSSR count). The van der Waals surface area contributed by atoms with Crippen molar-refractivity contribution in [1.82, 2.24) is 10.2 Å². The zero-order valence-corrected chi connectivity index (χ0v) is 14.6. The molecular weight excluding hydrogens is 346 g/mol. The Labute approximate surface area is 154 Å². The van der Waals surface area contributed by atoms with E-state index in [2.05, 4.69) is 27.6 Å². The fraction of sp³-hybridized carbons (Fsp3) is 0.0500. The number of nitrogens with zero attached hydrogens (tertiary/aromatic N) is 2. The molecule has 0 spiro atoms. The van der Waals surface area contributed by atoms with Gasteiger partial charge < -0.3 is 4.42 Å². The Hall–Kier alpha value is -3.25. The molecule has 0 aliphatic heterocycles. The highest BCUT2D eigenvalue weighted by atomic mass is 32.1. The molecular formula is C20H15N3O2S. The van der Waals surface area contributed by atoms with E-state index in [9.17, 15) is 4.79 Å². The third-order valence-corrected chi connectivity index (χ3v) is 4.55. The third kappa shape index (κ3) is 3.70. The van der Waals surface area contributed by atoms with Crippen LogP contribution in [-0.4, -0.2) is 16.1 Å². The highest BCUT2D eigenvalue weighted by molar-refractivity contribution is 7.08. The molecule has 26 heavy (non-hydrogen) atoms. The molecule has 0 bridgehead atoms. The van der Waals surface area contributed by atoms with Crippen LogP contribution in [-0.2, 0) is 11.2 Å². The summed E-state index contributed by atoms with van der Waals surface area (Å²) in [5, 5.41) is 14.3. The summed E-state index contributed by atoms with van der Waals surface area (Å²) in [5.41, 5.74) is 4.03. The van der Waals surface area contributed by atoms with Crippen molar-refractivity contribution < 1.29 is 9.21 Å². The zero-order valence-electron chi connectivity index (χ0n) is 13.8. The Morgan fingerprint density at radius 2 is 1.69 bits per heavy atom. The number of carbonyl (C=O) groups excluding carboxylic acids is 1. The summed E-state index contributed by atoms with van der Waals surface area (Å²) in [6, 6.07) is 20.0. The summed E-state index contributed by atoms with van der Waals surface area (Å²) in [6.07, 6.45) is 0.241. The molecule has 2 heterocycles. The summed E-state index contributed by atoms with van der Waals surface area (Å²) in [4.78, 5) is 12.2. The minimum Gasteiger partial charge on any atom is -0.403 e. The lowest BCUT2D eigenvalue weighted by Crippen LogP contribution is -2.14. The first-order valence-electron chi connectivity index (χ1n) is 8.08. The van der Waals surface area contributed by atoms with Crippen LogP contribution in [0.1, 0.15) is 5.56 Å². The normalized spacial score (nSPS) is 10.6. The molecule has 1 amide bonds. The van der Waals surface area contributed by atoms with E-state index in [1.54, 1.807) is 11.3 Å². The number of hydrogen-bond donors (Lipinski definition) is 1. The highest BCUT2D eigenvalue weighted by Crippen LogP contribution is 2.22. The van der Waals surface area contributed by atoms with E-state index in [0.717, 1.165) is 22.3 Å². The van der Waals surface area contributed by atoms with Crippen LogP contribution < -0.4 is 5.32 Å². The van der Waals surface area contributed by atoms with Crippen LogP contribution in [0.5, 0.6) is 0 Å². The Bertz CT molecular complexity index is 993. The second kappa shape index (κ2) is 7.33. The standard InChI is InChI=1S/C20H15N3O2S/c24-18(21-20-23-22-19(25-20)17-10-11-26-13-17)12-14-6-8-16(9-7-14)15-4-2-1-3-5-15/h1-11,13H,12H2,(H,21,23,24). The molecule has 4 aromatic rings. The number of hydrogen-bond acceptors (Lipinski definition) is 5. The Balaban J connectivity index is 1.39. The summed E-state index contributed by atoms with van der Waals surface area (Å²) in [7, 11) is 0. The van der Waals surface area contributed by atoms with Crippen molar-refractivity contribution in [2.24, 2.45) is 0 Å². The molecule has 6 heteroatoms. The van der Waals surface area contributed by atoms with E-state index in [-0.39, 0.29) is 18.3 Å². The SMILES string of the molecule is O=C(Cc1ccc(-c2ccccc2)cc1)Nc1nnc(-c2ccsc2)o1. The molecule has 2 aromatic carbocycles. The maximum Gasteiger partial charge on any atom is 0.322 e. The lowest BCUT2D eigenvalue weighted by molar-refractivity contribution is -0.115. The number of aromatic nitrogens is 2. The van der Waals surface area contributed by atoms with E-state index in [1.807, 2.05) is 59.3 Å². The molecule has 1 N–H and O–H groups in total. The van der Waals surface area contributed by atoms with Crippen LogP contribution in [0.15, 0.2) is 75.8 Å². The van der Waals surface area contributed by atoms with Gasteiger partial charge >= 0.3 is 6.01 Å². The van der Waals surface area contributed by atoms with Gasteiger partial charge in [0.15, 0.2) is 0 Å². The number of benzene rings is 2. The fourth-order valence-electron chi connectivity index (χ4n) is 2.57. The summed E-state index contributed by atoms with van der Waals surface area (Å²) in [6.45, 7) is 0. The van der Waals surface area contributed by atoms with Crippen molar-refractivity contribution in [3.05, 3.63) is 77.0 Å². The number of thiophene rings is 1. The molecule has 0 saturated carbocycles. The Kier molecular flexibility index (Phi) is 4.57. The maximum atomic E-state index is 12.2. The summed E-state index contributed by atoms with van der Waals surface area (Å²) >= 11 is 1.54. The quantitative estimate of drug-likeness (QED) is 0.562. The molecule has 5 nitrogen and oxygen atoms in total. The average Bonchev–Trinajstić information content (AvgIpc) is 3.35.